The van der Waals surface area contributed by atoms with E-state index in [1.807, 2.05) is 6.07 Å². The van der Waals surface area contributed by atoms with Gasteiger partial charge in [0, 0.05) is 23.8 Å². The van der Waals surface area contributed by atoms with Crippen LogP contribution in [0.1, 0.15) is 22.2 Å². The highest BCUT2D eigenvalue weighted by Gasteiger charge is 2.54. The second-order valence-electron chi connectivity index (χ2n) is 6.79. The Labute approximate surface area is 185 Å². The highest BCUT2D eigenvalue weighted by Crippen LogP contribution is 2.41. The molecule has 0 spiro atoms. The van der Waals surface area contributed by atoms with E-state index in [4.69, 9.17) is 4.74 Å². The van der Waals surface area contributed by atoms with Crippen LogP contribution in [-0.4, -0.2) is 62.4 Å². The van der Waals surface area contributed by atoms with Crippen molar-refractivity contribution in [3.05, 3.63) is 58.2 Å². The highest BCUT2D eigenvalue weighted by molar-refractivity contribution is 8.00. The van der Waals surface area contributed by atoms with E-state index >= 15 is 0 Å². The molecule has 31 heavy (non-hydrogen) atoms. The molecular formula is C20H17N3O6S2. The van der Waals surface area contributed by atoms with Gasteiger partial charge in [-0.25, -0.2) is 9.78 Å². The number of hydrogen-bond donors (Lipinski definition) is 2. The first-order valence-corrected chi connectivity index (χ1v) is 11.1. The van der Waals surface area contributed by atoms with E-state index in [0.717, 1.165) is 11.3 Å². The number of benzene rings is 1. The van der Waals surface area contributed by atoms with Gasteiger partial charge < -0.3 is 15.2 Å². The molecule has 0 radical (unpaired) electrons. The summed E-state index contributed by atoms with van der Waals surface area (Å²) in [5.41, 5.74) is 0.774. The molecular weight excluding hydrogens is 442 g/mol. The second kappa shape index (κ2) is 8.52. The number of carbonyl (C=O) groups excluding carboxylic acids is 3. The van der Waals surface area contributed by atoms with Gasteiger partial charge in [-0.2, -0.15) is 0 Å². The number of carboxylic acid groups (broad SMARTS) is 1. The number of ketones is 1. The largest absolute Gasteiger partial charge is 0.477 e. The number of ether oxygens (including phenoxy) is 1. The van der Waals surface area contributed by atoms with Crippen molar-refractivity contribution >= 4 is 51.9 Å². The zero-order valence-corrected chi connectivity index (χ0v) is 17.9. The number of thioether (sulfide) groups is 1. The lowest BCUT2D eigenvalue weighted by atomic mass is 10.0. The molecule has 2 aliphatic rings. The lowest BCUT2D eigenvalue weighted by Crippen LogP contribution is -2.67. The number of rotatable bonds is 7. The number of nitrogens with one attached hydrogen (secondary N) is 1. The molecule has 160 valence electrons. The second-order valence-corrected chi connectivity index (χ2v) is 8.93. The smallest absolute Gasteiger partial charge is 0.352 e. The number of aromatic nitrogens is 1. The fourth-order valence-corrected chi connectivity index (χ4v) is 5.44. The van der Waals surface area contributed by atoms with Crippen molar-refractivity contribution in [3.8, 4) is 0 Å². The average molecular weight is 460 g/mol. The van der Waals surface area contributed by atoms with Crippen molar-refractivity contribution in [2.75, 3.05) is 17.7 Å². The summed E-state index contributed by atoms with van der Waals surface area (Å²) in [4.78, 5) is 53.9. The molecule has 11 heteroatoms. The summed E-state index contributed by atoms with van der Waals surface area (Å²) in [5.74, 6) is -2.03. The Morgan fingerprint density at radius 3 is 2.71 bits per heavy atom. The van der Waals surface area contributed by atoms with Crippen LogP contribution < -0.4 is 5.32 Å². The molecule has 2 aliphatic heterocycles. The molecule has 0 unspecified atom stereocenters. The van der Waals surface area contributed by atoms with E-state index in [2.05, 4.69) is 10.3 Å². The third-order valence-electron chi connectivity index (χ3n) is 4.74. The Morgan fingerprint density at radius 1 is 1.29 bits per heavy atom. The van der Waals surface area contributed by atoms with Crippen LogP contribution in [-0.2, 0) is 19.1 Å². The van der Waals surface area contributed by atoms with Crippen molar-refractivity contribution in [3.63, 3.8) is 0 Å². The third kappa shape index (κ3) is 4.06. The summed E-state index contributed by atoms with van der Waals surface area (Å²) in [6, 6.07) is 8.14. The zero-order chi connectivity index (χ0) is 22.1. The fourth-order valence-electron chi connectivity index (χ4n) is 3.29. The van der Waals surface area contributed by atoms with Crippen molar-refractivity contribution < 1.29 is 29.0 Å². The van der Waals surface area contributed by atoms with Crippen molar-refractivity contribution in [2.24, 2.45) is 0 Å². The van der Waals surface area contributed by atoms with Gasteiger partial charge in [0.15, 0.2) is 5.13 Å². The molecule has 1 aromatic heterocycles. The minimum atomic E-state index is -1.25. The van der Waals surface area contributed by atoms with Gasteiger partial charge in [0.25, 0.3) is 5.91 Å². The summed E-state index contributed by atoms with van der Waals surface area (Å²) < 4.78 is 4.92. The number of aliphatic carboxylic acids is 1. The molecule has 0 aliphatic carbocycles. The Balaban J connectivity index is 1.48. The average Bonchev–Trinajstić information content (AvgIpc) is 3.24. The van der Waals surface area contributed by atoms with Gasteiger partial charge in [-0.05, 0) is 0 Å². The molecule has 0 saturated carbocycles. The first-order valence-electron chi connectivity index (χ1n) is 9.22. The van der Waals surface area contributed by atoms with Crippen LogP contribution >= 0.6 is 23.1 Å². The maximum Gasteiger partial charge on any atom is 0.352 e. The van der Waals surface area contributed by atoms with E-state index in [-0.39, 0.29) is 18.1 Å². The van der Waals surface area contributed by atoms with Crippen LogP contribution in [0.15, 0.2) is 47.8 Å². The predicted molar refractivity (Wildman–Crippen MR) is 114 cm³/mol. The first kappa shape index (κ1) is 21.1. The lowest BCUT2D eigenvalue weighted by molar-refractivity contribution is -0.147. The number of esters is 1. The maximum absolute atomic E-state index is 12.7. The molecule has 2 atom stereocenters. The molecule has 3 heterocycles. The molecule has 1 amide bonds. The molecule has 2 aromatic rings. The number of fused-ring (bicyclic) bond motifs is 1. The zero-order valence-electron chi connectivity index (χ0n) is 16.2. The van der Waals surface area contributed by atoms with Crippen LogP contribution in [0.25, 0.3) is 0 Å². The van der Waals surface area contributed by atoms with Crippen LogP contribution in [0.5, 0.6) is 0 Å². The molecule has 4 rings (SSSR count). The Hall–Kier alpha value is -3.18. The van der Waals surface area contributed by atoms with Crippen molar-refractivity contribution in [1.82, 2.24) is 9.88 Å². The number of amides is 1. The standard InChI is InChI=1S/C20H17N3O6S2/c1-10(24)29-8-12-9-30-18-14(17(26)23(18)15(12)19(27)28)22-20-21-7-13(31-20)16(25)11-5-3-2-4-6-11/h2-7,14,18H,8-9H2,1H3,(H,21,22)(H,27,28)/t14-,18-/m1/s1. The Morgan fingerprint density at radius 2 is 2.03 bits per heavy atom. The first-order chi connectivity index (χ1) is 14.9. The van der Waals surface area contributed by atoms with E-state index in [1.165, 1.54) is 29.8 Å². The minimum Gasteiger partial charge on any atom is -0.477 e. The molecule has 2 N–H and O–H groups in total. The van der Waals surface area contributed by atoms with Crippen molar-refractivity contribution in [2.45, 2.75) is 18.3 Å². The van der Waals surface area contributed by atoms with E-state index in [9.17, 15) is 24.3 Å². The summed E-state index contributed by atoms with van der Waals surface area (Å²) >= 11 is 2.51. The van der Waals surface area contributed by atoms with Crippen LogP contribution in [0, 0.1) is 0 Å². The highest BCUT2D eigenvalue weighted by atomic mass is 32.2. The number of thiazole rings is 1. The van der Waals surface area contributed by atoms with Gasteiger partial charge in [-0.3, -0.25) is 19.3 Å². The summed E-state index contributed by atoms with van der Waals surface area (Å²) in [7, 11) is 0. The number of anilines is 1. The summed E-state index contributed by atoms with van der Waals surface area (Å²) in [6.45, 7) is 1.06. The molecule has 1 aromatic carbocycles. The van der Waals surface area contributed by atoms with E-state index in [1.54, 1.807) is 24.3 Å². The topological polar surface area (TPSA) is 126 Å². The predicted octanol–water partition coefficient (Wildman–Crippen LogP) is 1.97. The number of hydrogen-bond acceptors (Lipinski definition) is 9. The fraction of sp³-hybridized carbons (Fsp3) is 0.250. The molecule has 1 saturated heterocycles. The number of β-lactam (4-membered cyclic amide) rings is 1. The monoisotopic (exact) mass is 459 g/mol. The molecule has 0 bridgehead atoms. The molecule has 1 fully saturated rings. The van der Waals surface area contributed by atoms with Crippen LogP contribution in [0.2, 0.25) is 0 Å². The van der Waals surface area contributed by atoms with Gasteiger partial charge >= 0.3 is 11.9 Å². The van der Waals surface area contributed by atoms with Crippen LogP contribution in [0.3, 0.4) is 0 Å². The summed E-state index contributed by atoms with van der Waals surface area (Å²) in [6.07, 6.45) is 1.46. The SMILES string of the molecule is CC(=O)OCC1=C(C(=O)O)N2C(=O)[C@@H](Nc3ncc(C(=O)c4ccccc4)s3)[C@H]2SC1. The Bertz CT molecular complexity index is 1100. The minimum absolute atomic E-state index is 0.146. The van der Waals surface area contributed by atoms with Gasteiger partial charge in [0.05, 0.1) is 11.1 Å². The normalized spacial score (nSPS) is 20.0. The number of nitrogens with zero attached hydrogens (tertiary/aromatic N) is 2. The van der Waals surface area contributed by atoms with Gasteiger partial charge in [-0.15, -0.1) is 11.8 Å². The van der Waals surface area contributed by atoms with Crippen LogP contribution in [0.4, 0.5) is 5.13 Å². The third-order valence-corrected chi connectivity index (χ3v) is 7.01. The van der Waals surface area contributed by atoms with Gasteiger partial charge in [0.2, 0.25) is 5.78 Å². The number of carbonyl (C=O) groups is 4. The lowest BCUT2D eigenvalue weighted by Gasteiger charge is -2.49. The number of carboxylic acids is 1. The van der Waals surface area contributed by atoms with E-state index in [0.29, 0.717) is 26.9 Å². The molecule has 9 nitrogen and oxygen atoms in total. The summed E-state index contributed by atoms with van der Waals surface area (Å²) in [5, 5.41) is 12.6. The quantitative estimate of drug-likeness (QED) is 0.363. The van der Waals surface area contributed by atoms with Gasteiger partial charge in [0.1, 0.15) is 23.7 Å². The Kier molecular flexibility index (Phi) is 5.79. The van der Waals surface area contributed by atoms with Gasteiger partial charge in [-0.1, -0.05) is 41.7 Å². The van der Waals surface area contributed by atoms with E-state index < -0.39 is 29.3 Å². The van der Waals surface area contributed by atoms with Crippen molar-refractivity contribution in [1.29, 1.82) is 0 Å². The maximum atomic E-state index is 12.7.